The van der Waals surface area contributed by atoms with Crippen molar-refractivity contribution in [1.29, 1.82) is 0 Å². The second-order valence-corrected chi connectivity index (χ2v) is 10.6. The van der Waals surface area contributed by atoms with Crippen LogP contribution in [0.2, 0.25) is 0 Å². The zero-order valence-electron chi connectivity index (χ0n) is 15.6. The second kappa shape index (κ2) is 9.54. The average Bonchev–Trinajstić information content (AvgIpc) is 2.88. The molecule has 0 saturated carbocycles. The smallest absolute Gasteiger partial charge is 0.387 e. The summed E-state index contributed by atoms with van der Waals surface area (Å²) in [5, 5.41) is 29.5. The molecule has 32 heavy (non-hydrogen) atoms. The lowest BCUT2D eigenvalue weighted by molar-refractivity contribution is -0.0227. The third kappa shape index (κ3) is 6.40. The maximum absolute atomic E-state index is 12.1. The van der Waals surface area contributed by atoms with Gasteiger partial charge in [0.2, 0.25) is 0 Å². The molecule has 0 aliphatic carbocycles. The number of rotatable bonds is 9. The number of nitrogens with one attached hydrogen (secondary N) is 2. The predicted molar refractivity (Wildman–Crippen MR) is 97.2 cm³/mol. The molecular formula is C10H18N3O16P3. The van der Waals surface area contributed by atoms with Gasteiger partial charge in [-0.15, -0.1) is 0 Å². The number of anilines is 1. The summed E-state index contributed by atoms with van der Waals surface area (Å²) in [4.78, 5) is 61.1. The van der Waals surface area contributed by atoms with Gasteiger partial charge in [-0.05, 0) is 0 Å². The molecule has 0 amide bonds. The Bertz CT molecular complexity index is 1110. The molecule has 0 spiro atoms. The van der Waals surface area contributed by atoms with Crippen LogP contribution in [-0.4, -0.2) is 69.5 Å². The minimum Gasteiger partial charge on any atom is -0.387 e. The number of ether oxygens (including phenoxy) is 1. The molecule has 0 radical (unpaired) electrons. The fraction of sp³-hybridized carbons (Fsp3) is 0.600. The van der Waals surface area contributed by atoms with Crippen LogP contribution in [0.1, 0.15) is 11.7 Å². The van der Waals surface area contributed by atoms with Gasteiger partial charge < -0.3 is 34.5 Å². The summed E-state index contributed by atoms with van der Waals surface area (Å²) in [5.41, 5.74) is -1.04. The summed E-state index contributed by atoms with van der Waals surface area (Å²) < 4.78 is 50.9. The zero-order chi connectivity index (χ0) is 24.6. The van der Waals surface area contributed by atoms with E-state index in [1.165, 1.54) is 0 Å². The molecule has 0 aromatic carbocycles. The maximum atomic E-state index is 12.1. The van der Waals surface area contributed by atoms with Crippen LogP contribution in [0.3, 0.4) is 0 Å². The Kier molecular flexibility index (Phi) is 8.04. The number of phosphoric ester groups is 1. The van der Waals surface area contributed by atoms with E-state index in [4.69, 9.17) is 19.4 Å². The molecular weight excluding hydrogens is 511 g/mol. The largest absolute Gasteiger partial charge is 0.490 e. The molecule has 1 aromatic heterocycles. The van der Waals surface area contributed by atoms with E-state index < -0.39 is 77.1 Å². The number of phosphoric acid groups is 3. The first-order valence-corrected chi connectivity index (χ1v) is 12.5. The summed E-state index contributed by atoms with van der Waals surface area (Å²) in [6.07, 6.45) is -7.17. The molecule has 1 saturated heterocycles. The van der Waals surface area contributed by atoms with E-state index in [-0.39, 0.29) is 0 Å². The lowest BCUT2D eigenvalue weighted by Gasteiger charge is -2.19. The van der Waals surface area contributed by atoms with E-state index in [0.717, 1.165) is 11.6 Å². The molecule has 1 fully saturated rings. The Morgan fingerprint density at radius 3 is 2.19 bits per heavy atom. The van der Waals surface area contributed by atoms with Crippen molar-refractivity contribution in [2.24, 2.45) is 7.05 Å². The molecule has 1 aromatic rings. The second-order valence-electron chi connectivity index (χ2n) is 6.16. The Hall–Kier alpha value is -1.27. The Morgan fingerprint density at radius 2 is 1.66 bits per heavy atom. The summed E-state index contributed by atoms with van der Waals surface area (Å²) in [5.74, 6) is -0.511. The van der Waals surface area contributed by atoms with Crippen molar-refractivity contribution in [2.75, 3.05) is 12.1 Å². The first-order valence-electron chi connectivity index (χ1n) is 8.01. The summed E-state index contributed by atoms with van der Waals surface area (Å²) in [7, 11) is -15.8. The fourth-order valence-corrected chi connectivity index (χ4v) is 5.66. The highest BCUT2D eigenvalue weighted by Crippen LogP contribution is 2.66. The first kappa shape index (κ1) is 27.0. The number of aliphatic hydroxyl groups excluding tert-OH is 2. The lowest BCUT2D eigenvalue weighted by Crippen LogP contribution is -2.37. The predicted octanol–water partition coefficient (Wildman–Crippen LogP) is -2.62. The molecule has 1 aliphatic heterocycles. The van der Waals surface area contributed by atoms with Gasteiger partial charge >= 0.3 is 29.2 Å². The van der Waals surface area contributed by atoms with E-state index >= 15 is 0 Å². The van der Waals surface area contributed by atoms with Crippen molar-refractivity contribution < 1.29 is 66.6 Å². The van der Waals surface area contributed by atoms with Crippen LogP contribution in [0, 0.1) is 0 Å². The quantitative estimate of drug-likeness (QED) is 0.117. The number of hydrogen-bond donors (Lipinski definition) is 9. The third-order valence-electron chi connectivity index (χ3n) is 3.93. The van der Waals surface area contributed by atoms with Crippen molar-refractivity contribution in [3.63, 3.8) is 0 Å². The van der Waals surface area contributed by atoms with Crippen molar-refractivity contribution >= 4 is 29.3 Å². The summed E-state index contributed by atoms with van der Waals surface area (Å²) >= 11 is 0. The lowest BCUT2D eigenvalue weighted by atomic mass is 10.0. The van der Waals surface area contributed by atoms with Gasteiger partial charge in [-0.2, -0.15) is 8.62 Å². The van der Waals surface area contributed by atoms with Gasteiger partial charge in [-0.1, -0.05) is 0 Å². The van der Waals surface area contributed by atoms with E-state index in [1.54, 1.807) is 5.48 Å². The van der Waals surface area contributed by atoms with Gasteiger partial charge in [0.05, 0.1) is 12.2 Å². The molecule has 22 heteroatoms. The Morgan fingerprint density at radius 1 is 1.06 bits per heavy atom. The van der Waals surface area contributed by atoms with Crippen LogP contribution >= 0.6 is 23.5 Å². The van der Waals surface area contributed by atoms with Crippen molar-refractivity contribution in [3.8, 4) is 0 Å². The van der Waals surface area contributed by atoms with E-state index in [9.17, 15) is 43.6 Å². The van der Waals surface area contributed by atoms with Gasteiger partial charge in [0.15, 0.2) is 0 Å². The van der Waals surface area contributed by atoms with Gasteiger partial charge in [-0.3, -0.25) is 29.6 Å². The molecule has 2 unspecified atom stereocenters. The molecule has 6 atom stereocenters. The van der Waals surface area contributed by atoms with Gasteiger partial charge in [0, 0.05) is 7.05 Å². The number of hydrogen-bond acceptors (Lipinski definition) is 13. The van der Waals surface area contributed by atoms with Crippen LogP contribution in [0.15, 0.2) is 9.59 Å². The number of aliphatic hydroxyl groups is 2. The first-order chi connectivity index (χ1) is 14.5. The molecule has 0 bridgehead atoms. The van der Waals surface area contributed by atoms with Crippen molar-refractivity contribution in [1.82, 2.24) is 9.55 Å². The van der Waals surface area contributed by atoms with Crippen LogP contribution in [0.25, 0.3) is 0 Å². The molecule has 184 valence electrons. The maximum Gasteiger partial charge on any atom is 0.490 e. The van der Waals surface area contributed by atoms with Crippen LogP contribution in [0.5, 0.6) is 0 Å². The van der Waals surface area contributed by atoms with Crippen LogP contribution in [-0.2, 0) is 38.6 Å². The van der Waals surface area contributed by atoms with Crippen LogP contribution in [0.4, 0.5) is 5.82 Å². The monoisotopic (exact) mass is 529 g/mol. The minimum atomic E-state index is -5.78. The Labute approximate surface area is 176 Å². The highest BCUT2D eigenvalue weighted by molar-refractivity contribution is 7.66. The minimum absolute atomic E-state index is 0.511. The average molecular weight is 529 g/mol. The van der Waals surface area contributed by atoms with E-state index in [1.807, 2.05) is 4.98 Å². The van der Waals surface area contributed by atoms with E-state index in [2.05, 4.69) is 13.1 Å². The zero-order valence-corrected chi connectivity index (χ0v) is 18.3. The van der Waals surface area contributed by atoms with Gasteiger partial charge in [-0.25, -0.2) is 18.5 Å². The summed E-state index contributed by atoms with van der Waals surface area (Å²) in [6.45, 7) is -1.12. The molecule has 19 nitrogen and oxygen atoms in total. The number of H-pyrrole nitrogens is 1. The van der Waals surface area contributed by atoms with Crippen LogP contribution < -0.4 is 16.7 Å². The highest BCUT2D eigenvalue weighted by Gasteiger charge is 2.48. The van der Waals surface area contributed by atoms with Crippen molar-refractivity contribution in [2.45, 2.75) is 24.4 Å². The third-order valence-corrected chi connectivity index (χ3v) is 7.73. The number of nitrogens with zero attached hydrogens (tertiary/aromatic N) is 1. The normalized spacial score (nSPS) is 27.6. The van der Waals surface area contributed by atoms with Gasteiger partial charge in [0.1, 0.15) is 30.2 Å². The summed E-state index contributed by atoms with van der Waals surface area (Å²) in [6, 6.07) is 0. The van der Waals surface area contributed by atoms with Crippen molar-refractivity contribution in [3.05, 3.63) is 26.4 Å². The fourth-order valence-electron chi connectivity index (χ4n) is 2.63. The molecule has 1 aliphatic rings. The van der Waals surface area contributed by atoms with Gasteiger partial charge in [0.25, 0.3) is 5.56 Å². The van der Waals surface area contributed by atoms with E-state index in [0.29, 0.717) is 0 Å². The molecule has 9 N–H and O–H groups in total. The molecule has 2 heterocycles. The number of aromatic nitrogens is 2. The SMILES string of the molecule is Cn1c(NO)c([C@@H]2O[C@H](COP(=O)(O)OP(=O)(O)OP(=O)(O)O)[C@@H](O)[C@H]2O)c(=O)[nH]c1=O. The topological polar surface area (TPSA) is 297 Å². The highest BCUT2D eigenvalue weighted by atomic mass is 31.3. The Balaban J connectivity index is 2.19. The number of aromatic amines is 1. The standard InChI is InChI=1S/C10H18N3O16P3/c1-13-8(12-18)4(9(16)11-10(13)17)7-6(15)5(14)3(27-7)2-26-31(22,23)29-32(24,25)28-30(19,20)21/h3,5-7,12,14-15,18H,2H2,1H3,(H,22,23)(H,24,25)(H,11,16,17)(H2,19,20,21)/t3-,5-,6-,7+/m1/s1. The molecule has 2 rings (SSSR count).